The highest BCUT2D eigenvalue weighted by atomic mass is 19.1. The number of likely N-dealkylation sites (N-methyl/N-ethyl adjacent to an activating group) is 1. The highest BCUT2D eigenvalue weighted by Gasteiger charge is 2.18. The fourth-order valence-corrected chi connectivity index (χ4v) is 2.31. The maximum atomic E-state index is 13.5. The first-order valence-electron chi connectivity index (χ1n) is 6.29. The van der Waals surface area contributed by atoms with E-state index in [0.29, 0.717) is 6.54 Å². The zero-order chi connectivity index (χ0) is 13.8. The van der Waals surface area contributed by atoms with Crippen LogP contribution >= 0.6 is 0 Å². The van der Waals surface area contributed by atoms with Crippen molar-refractivity contribution >= 4 is 5.69 Å². The lowest BCUT2D eigenvalue weighted by Crippen LogP contribution is -2.28. The van der Waals surface area contributed by atoms with Gasteiger partial charge in [0.1, 0.15) is 0 Å². The summed E-state index contributed by atoms with van der Waals surface area (Å²) < 4.78 is 19.0. The van der Waals surface area contributed by atoms with Gasteiger partial charge in [0.05, 0.1) is 11.0 Å². The Morgan fingerprint density at radius 1 is 1.58 bits per heavy atom. The molecule has 0 bridgehead atoms. The number of ether oxygens (including phenoxy) is 1. The Bertz CT molecular complexity index is 461. The number of nitro groups is 1. The van der Waals surface area contributed by atoms with Crippen molar-refractivity contribution in [3.63, 3.8) is 0 Å². The van der Waals surface area contributed by atoms with Crippen LogP contribution in [-0.2, 0) is 11.3 Å². The normalized spacial score (nSPS) is 19.0. The third-order valence-electron chi connectivity index (χ3n) is 3.20. The van der Waals surface area contributed by atoms with Gasteiger partial charge in [0.15, 0.2) is 0 Å². The monoisotopic (exact) mass is 268 g/mol. The summed E-state index contributed by atoms with van der Waals surface area (Å²) in [6.07, 6.45) is 2.39. The van der Waals surface area contributed by atoms with Gasteiger partial charge in [-0.25, -0.2) is 0 Å². The fourth-order valence-electron chi connectivity index (χ4n) is 2.31. The Hall–Kier alpha value is -1.53. The standard InChI is InChI=1S/C13H17FN2O3/c1-15(9-11-3-2-6-19-11)8-10-4-5-13(16(17)18)12(14)7-10/h4-5,7,11H,2-3,6,8-9H2,1H3. The van der Waals surface area contributed by atoms with Gasteiger partial charge in [0.2, 0.25) is 5.82 Å². The molecule has 0 spiro atoms. The molecule has 1 heterocycles. The Kier molecular flexibility index (Phi) is 4.44. The van der Waals surface area contributed by atoms with Crippen LogP contribution in [0, 0.1) is 15.9 Å². The van der Waals surface area contributed by atoms with E-state index in [9.17, 15) is 14.5 Å². The van der Waals surface area contributed by atoms with Crippen LogP contribution in [0.15, 0.2) is 18.2 Å². The van der Waals surface area contributed by atoms with Crippen molar-refractivity contribution in [1.29, 1.82) is 0 Å². The largest absolute Gasteiger partial charge is 0.377 e. The summed E-state index contributed by atoms with van der Waals surface area (Å²) in [4.78, 5) is 11.8. The SMILES string of the molecule is CN(Cc1ccc([N+](=O)[O-])c(F)c1)CC1CCCO1. The zero-order valence-electron chi connectivity index (χ0n) is 10.8. The van der Waals surface area contributed by atoms with Crippen molar-refractivity contribution in [1.82, 2.24) is 4.90 Å². The van der Waals surface area contributed by atoms with Crippen LogP contribution in [0.5, 0.6) is 0 Å². The Labute approximate surface area is 111 Å². The van der Waals surface area contributed by atoms with Crippen LogP contribution in [0.25, 0.3) is 0 Å². The molecule has 19 heavy (non-hydrogen) atoms. The highest BCUT2D eigenvalue weighted by molar-refractivity contribution is 5.34. The van der Waals surface area contributed by atoms with Gasteiger partial charge in [0.25, 0.3) is 0 Å². The predicted octanol–water partition coefficient (Wildman–Crippen LogP) is 2.34. The number of hydrogen-bond acceptors (Lipinski definition) is 4. The van der Waals surface area contributed by atoms with E-state index in [1.807, 2.05) is 11.9 Å². The Morgan fingerprint density at radius 3 is 2.95 bits per heavy atom. The lowest BCUT2D eigenvalue weighted by molar-refractivity contribution is -0.387. The minimum Gasteiger partial charge on any atom is -0.377 e. The van der Waals surface area contributed by atoms with E-state index >= 15 is 0 Å². The van der Waals surface area contributed by atoms with Gasteiger partial charge >= 0.3 is 5.69 Å². The van der Waals surface area contributed by atoms with E-state index in [-0.39, 0.29) is 6.10 Å². The lowest BCUT2D eigenvalue weighted by Gasteiger charge is -2.20. The molecule has 1 saturated heterocycles. The van der Waals surface area contributed by atoms with E-state index in [1.165, 1.54) is 12.1 Å². The van der Waals surface area contributed by atoms with Gasteiger partial charge < -0.3 is 4.74 Å². The topological polar surface area (TPSA) is 55.6 Å². The van der Waals surface area contributed by atoms with E-state index in [2.05, 4.69) is 0 Å². The van der Waals surface area contributed by atoms with Gasteiger partial charge in [0, 0.05) is 25.8 Å². The molecule has 1 atom stereocenters. The number of rotatable bonds is 5. The van der Waals surface area contributed by atoms with Crippen LogP contribution in [-0.4, -0.2) is 36.1 Å². The van der Waals surface area contributed by atoms with Gasteiger partial charge in [-0.3, -0.25) is 15.0 Å². The van der Waals surface area contributed by atoms with Crippen molar-refractivity contribution in [2.24, 2.45) is 0 Å². The van der Waals surface area contributed by atoms with Gasteiger partial charge in [-0.05, 0) is 31.5 Å². The molecule has 0 N–H and O–H groups in total. The molecule has 0 amide bonds. The first-order valence-corrected chi connectivity index (χ1v) is 6.29. The van der Waals surface area contributed by atoms with Crippen LogP contribution in [0.2, 0.25) is 0 Å². The van der Waals surface area contributed by atoms with Crippen molar-refractivity contribution in [3.8, 4) is 0 Å². The first-order chi connectivity index (χ1) is 9.06. The summed E-state index contributed by atoms with van der Waals surface area (Å²) in [7, 11) is 1.93. The van der Waals surface area contributed by atoms with Crippen molar-refractivity contribution < 1.29 is 14.1 Å². The van der Waals surface area contributed by atoms with Gasteiger partial charge in [-0.2, -0.15) is 4.39 Å². The molecule has 0 radical (unpaired) electrons. The van der Waals surface area contributed by atoms with Crippen LogP contribution < -0.4 is 0 Å². The molecule has 1 aliphatic rings. The van der Waals surface area contributed by atoms with E-state index < -0.39 is 16.4 Å². The molecule has 0 saturated carbocycles. The van der Waals surface area contributed by atoms with Crippen LogP contribution in [0.4, 0.5) is 10.1 Å². The van der Waals surface area contributed by atoms with Crippen LogP contribution in [0.1, 0.15) is 18.4 Å². The average Bonchev–Trinajstić information content (AvgIpc) is 2.81. The molecule has 1 fully saturated rings. The molecule has 6 heteroatoms. The van der Waals surface area contributed by atoms with E-state index in [1.54, 1.807) is 6.07 Å². The Balaban J connectivity index is 1.94. The molecule has 0 aliphatic carbocycles. The van der Waals surface area contributed by atoms with Crippen LogP contribution in [0.3, 0.4) is 0 Å². The molecule has 5 nitrogen and oxygen atoms in total. The summed E-state index contributed by atoms with van der Waals surface area (Å²) in [6, 6.07) is 4.03. The summed E-state index contributed by atoms with van der Waals surface area (Å²) in [5, 5.41) is 10.5. The third-order valence-corrected chi connectivity index (χ3v) is 3.20. The number of hydrogen-bond donors (Lipinski definition) is 0. The second-order valence-corrected chi connectivity index (χ2v) is 4.87. The van der Waals surface area contributed by atoms with Crippen molar-refractivity contribution in [3.05, 3.63) is 39.7 Å². The molecular formula is C13H17FN2O3. The second-order valence-electron chi connectivity index (χ2n) is 4.87. The number of benzene rings is 1. The smallest absolute Gasteiger partial charge is 0.304 e. The summed E-state index contributed by atoms with van der Waals surface area (Å²) >= 11 is 0. The molecule has 1 aliphatic heterocycles. The highest BCUT2D eigenvalue weighted by Crippen LogP contribution is 2.19. The predicted molar refractivity (Wildman–Crippen MR) is 68.4 cm³/mol. The van der Waals surface area contributed by atoms with E-state index in [4.69, 9.17) is 4.74 Å². The van der Waals surface area contributed by atoms with Gasteiger partial charge in [-0.15, -0.1) is 0 Å². The zero-order valence-corrected chi connectivity index (χ0v) is 10.8. The minimum atomic E-state index is -0.784. The Morgan fingerprint density at radius 2 is 2.37 bits per heavy atom. The molecule has 104 valence electrons. The van der Waals surface area contributed by atoms with Gasteiger partial charge in [-0.1, -0.05) is 6.07 Å². The van der Waals surface area contributed by atoms with Crippen molar-refractivity contribution in [2.45, 2.75) is 25.5 Å². The summed E-state index contributed by atoms with van der Waals surface area (Å²) in [6.45, 7) is 2.15. The number of halogens is 1. The first kappa shape index (κ1) is 13.9. The molecule has 2 rings (SSSR count). The average molecular weight is 268 g/mol. The summed E-state index contributed by atoms with van der Waals surface area (Å²) in [5.74, 6) is -0.784. The summed E-state index contributed by atoms with van der Waals surface area (Å²) in [5.41, 5.74) is 0.245. The molecule has 1 aromatic rings. The van der Waals surface area contributed by atoms with Crippen molar-refractivity contribution in [2.75, 3.05) is 20.2 Å². The lowest BCUT2D eigenvalue weighted by atomic mass is 10.1. The molecule has 1 aromatic carbocycles. The molecular weight excluding hydrogens is 251 g/mol. The maximum Gasteiger partial charge on any atom is 0.304 e. The second kappa shape index (κ2) is 6.08. The molecule has 1 unspecified atom stereocenters. The quantitative estimate of drug-likeness (QED) is 0.607. The number of nitro benzene ring substituents is 1. The maximum absolute atomic E-state index is 13.5. The number of nitrogens with zero attached hydrogens (tertiary/aromatic N) is 2. The van der Waals surface area contributed by atoms with E-state index in [0.717, 1.165) is 31.6 Å². The fraction of sp³-hybridized carbons (Fsp3) is 0.538. The third kappa shape index (κ3) is 3.71. The minimum absolute atomic E-state index is 0.243. The molecule has 0 aromatic heterocycles.